The van der Waals surface area contributed by atoms with E-state index in [4.69, 9.17) is 0 Å². The number of amides is 1. The van der Waals surface area contributed by atoms with Crippen molar-refractivity contribution in [3.63, 3.8) is 0 Å². The van der Waals surface area contributed by atoms with Gasteiger partial charge in [-0.2, -0.15) is 18.3 Å². The normalized spacial score (nSPS) is 17.0. The van der Waals surface area contributed by atoms with Crippen molar-refractivity contribution in [3.05, 3.63) is 36.0 Å². The highest BCUT2D eigenvalue weighted by Crippen LogP contribution is 2.30. The molecule has 1 N–H and O–H groups in total. The van der Waals surface area contributed by atoms with Gasteiger partial charge in [-0.05, 0) is 32.8 Å². The van der Waals surface area contributed by atoms with Crippen molar-refractivity contribution in [1.82, 2.24) is 25.1 Å². The number of piperidine rings is 1. The molecule has 1 atom stereocenters. The van der Waals surface area contributed by atoms with Crippen LogP contribution in [-0.2, 0) is 11.0 Å². The summed E-state index contributed by atoms with van der Waals surface area (Å²) >= 11 is 0. The maximum atomic E-state index is 12.9. The summed E-state index contributed by atoms with van der Waals surface area (Å²) in [7, 11) is 0. The summed E-state index contributed by atoms with van der Waals surface area (Å²) < 4.78 is 40.4. The summed E-state index contributed by atoms with van der Waals surface area (Å²) in [5.41, 5.74) is -0.937. The monoisotopic (exact) mass is 382 g/mol. The van der Waals surface area contributed by atoms with E-state index >= 15 is 0 Å². The van der Waals surface area contributed by atoms with Gasteiger partial charge in [0.05, 0.1) is 0 Å². The molecule has 2 aromatic rings. The molecule has 1 amide bonds. The van der Waals surface area contributed by atoms with E-state index < -0.39 is 17.9 Å². The first kappa shape index (κ1) is 19.1. The Bertz CT molecular complexity index is 784. The Kier molecular flexibility index (Phi) is 5.33. The zero-order chi connectivity index (χ0) is 19.6. The summed E-state index contributed by atoms with van der Waals surface area (Å²) in [5, 5.41) is 7.05. The molecule has 146 valence electrons. The second-order valence-corrected chi connectivity index (χ2v) is 6.59. The molecule has 1 aliphatic rings. The lowest BCUT2D eigenvalue weighted by Gasteiger charge is -2.33. The summed E-state index contributed by atoms with van der Waals surface area (Å²) in [6.45, 7) is 4.23. The van der Waals surface area contributed by atoms with Crippen LogP contribution in [0.1, 0.15) is 37.3 Å². The van der Waals surface area contributed by atoms with E-state index in [1.165, 1.54) is 6.92 Å². The van der Waals surface area contributed by atoms with Crippen LogP contribution in [0.3, 0.4) is 0 Å². The van der Waals surface area contributed by atoms with Crippen molar-refractivity contribution < 1.29 is 18.0 Å². The zero-order valence-corrected chi connectivity index (χ0v) is 15.1. The van der Waals surface area contributed by atoms with E-state index in [9.17, 15) is 18.0 Å². The molecule has 10 heteroatoms. The van der Waals surface area contributed by atoms with Gasteiger partial charge in [0.1, 0.15) is 23.4 Å². The van der Waals surface area contributed by atoms with Gasteiger partial charge in [0.15, 0.2) is 0 Å². The second kappa shape index (κ2) is 7.53. The van der Waals surface area contributed by atoms with Crippen LogP contribution >= 0.6 is 0 Å². The third-order valence-corrected chi connectivity index (χ3v) is 4.58. The average Bonchev–Trinajstić information content (AvgIpc) is 3.15. The molecule has 0 spiro atoms. The van der Waals surface area contributed by atoms with E-state index in [1.54, 1.807) is 35.0 Å². The van der Waals surface area contributed by atoms with E-state index in [2.05, 4.69) is 20.4 Å². The van der Waals surface area contributed by atoms with Crippen molar-refractivity contribution in [2.24, 2.45) is 0 Å². The first-order chi connectivity index (χ1) is 12.7. The van der Waals surface area contributed by atoms with E-state index in [0.29, 0.717) is 25.9 Å². The fourth-order valence-electron chi connectivity index (χ4n) is 3.06. The molecule has 0 aromatic carbocycles. The number of halogens is 3. The molecule has 7 nitrogen and oxygen atoms in total. The number of rotatable bonds is 4. The number of nitrogens with one attached hydrogen (secondary N) is 1. The van der Waals surface area contributed by atoms with Gasteiger partial charge in [-0.15, -0.1) is 0 Å². The number of alkyl halides is 3. The zero-order valence-electron chi connectivity index (χ0n) is 15.1. The predicted molar refractivity (Wildman–Crippen MR) is 92.1 cm³/mol. The maximum Gasteiger partial charge on any atom is 0.433 e. The van der Waals surface area contributed by atoms with Crippen LogP contribution in [0.5, 0.6) is 0 Å². The topological polar surface area (TPSA) is 75.9 Å². The van der Waals surface area contributed by atoms with Gasteiger partial charge in [-0.25, -0.2) is 9.97 Å². The molecule has 0 unspecified atom stereocenters. The quantitative estimate of drug-likeness (QED) is 0.879. The Balaban J connectivity index is 1.59. The van der Waals surface area contributed by atoms with Crippen LogP contribution < -0.4 is 10.2 Å². The Morgan fingerprint density at radius 3 is 2.59 bits per heavy atom. The van der Waals surface area contributed by atoms with Crippen LogP contribution in [0, 0.1) is 6.92 Å². The fraction of sp³-hybridized carbons (Fsp3) is 0.529. The highest BCUT2D eigenvalue weighted by atomic mass is 19.4. The van der Waals surface area contributed by atoms with Gasteiger partial charge in [-0.3, -0.25) is 9.48 Å². The second-order valence-electron chi connectivity index (χ2n) is 6.59. The molecule has 1 aliphatic heterocycles. The molecule has 0 aliphatic carbocycles. The van der Waals surface area contributed by atoms with Crippen LogP contribution in [0.2, 0.25) is 0 Å². The van der Waals surface area contributed by atoms with Crippen LogP contribution in [-0.4, -0.2) is 44.8 Å². The molecule has 1 fully saturated rings. The van der Waals surface area contributed by atoms with Crippen molar-refractivity contribution in [1.29, 1.82) is 0 Å². The van der Waals surface area contributed by atoms with Gasteiger partial charge in [0.2, 0.25) is 5.91 Å². The molecule has 2 aromatic heterocycles. The van der Waals surface area contributed by atoms with Gasteiger partial charge in [0.25, 0.3) is 0 Å². The molecule has 3 heterocycles. The standard InChI is InChI=1S/C17H21F3N6O/c1-11(26-7-3-6-21-26)16(27)24-13-4-8-25(9-5-13)15-10-14(17(18,19)20)22-12(2)23-15/h3,6-7,10-11,13H,4-5,8-9H2,1-2H3,(H,24,27)/t11-/m1/s1. The van der Waals surface area contributed by atoms with Gasteiger partial charge in [0, 0.05) is 37.6 Å². The number of carbonyl (C=O) groups is 1. The number of aromatic nitrogens is 4. The molecule has 0 saturated carbocycles. The van der Waals surface area contributed by atoms with Crippen LogP contribution in [0.25, 0.3) is 0 Å². The minimum Gasteiger partial charge on any atom is -0.356 e. The summed E-state index contributed by atoms with van der Waals surface area (Å²) in [5.74, 6) is 0.224. The minimum absolute atomic E-state index is 0.0308. The molecular formula is C17H21F3N6O. The maximum absolute atomic E-state index is 12.9. The first-order valence-corrected chi connectivity index (χ1v) is 8.71. The van der Waals surface area contributed by atoms with Crippen molar-refractivity contribution >= 4 is 11.7 Å². The van der Waals surface area contributed by atoms with Crippen LogP contribution in [0.15, 0.2) is 24.5 Å². The number of anilines is 1. The fourth-order valence-corrected chi connectivity index (χ4v) is 3.06. The summed E-state index contributed by atoms with van der Waals surface area (Å²) in [6, 6.07) is 2.28. The predicted octanol–water partition coefficient (Wildman–Crippen LogP) is 2.35. The molecular weight excluding hydrogens is 361 g/mol. The third-order valence-electron chi connectivity index (χ3n) is 4.58. The summed E-state index contributed by atoms with van der Waals surface area (Å²) in [4.78, 5) is 21.7. The van der Waals surface area contributed by atoms with Crippen molar-refractivity contribution in [3.8, 4) is 0 Å². The van der Waals surface area contributed by atoms with Crippen molar-refractivity contribution in [2.75, 3.05) is 18.0 Å². The smallest absolute Gasteiger partial charge is 0.356 e. The molecule has 3 rings (SSSR count). The Labute approximate surface area is 154 Å². The molecule has 0 bridgehead atoms. The van der Waals surface area contributed by atoms with Crippen molar-refractivity contribution in [2.45, 2.75) is 44.9 Å². The van der Waals surface area contributed by atoms with Gasteiger partial charge < -0.3 is 10.2 Å². The number of nitrogens with zero attached hydrogens (tertiary/aromatic N) is 5. The Morgan fingerprint density at radius 1 is 1.30 bits per heavy atom. The average molecular weight is 382 g/mol. The lowest BCUT2D eigenvalue weighted by Crippen LogP contribution is -2.46. The lowest BCUT2D eigenvalue weighted by molar-refractivity contribution is -0.141. The molecule has 1 saturated heterocycles. The number of hydrogen-bond acceptors (Lipinski definition) is 5. The number of aryl methyl sites for hydroxylation is 1. The first-order valence-electron chi connectivity index (χ1n) is 8.71. The van der Waals surface area contributed by atoms with Gasteiger partial charge >= 0.3 is 6.18 Å². The minimum atomic E-state index is -4.50. The van der Waals surface area contributed by atoms with Gasteiger partial charge in [-0.1, -0.05) is 0 Å². The van der Waals surface area contributed by atoms with E-state index in [-0.39, 0.29) is 23.6 Å². The van der Waals surface area contributed by atoms with E-state index in [1.807, 2.05) is 0 Å². The highest BCUT2D eigenvalue weighted by molar-refractivity contribution is 5.80. The Morgan fingerprint density at radius 2 is 2.00 bits per heavy atom. The summed E-state index contributed by atoms with van der Waals surface area (Å²) in [6.07, 6.45) is 0.0883. The third kappa shape index (κ3) is 4.55. The number of hydrogen-bond donors (Lipinski definition) is 1. The largest absolute Gasteiger partial charge is 0.433 e. The highest BCUT2D eigenvalue weighted by Gasteiger charge is 2.34. The lowest BCUT2D eigenvalue weighted by atomic mass is 10.0. The van der Waals surface area contributed by atoms with Crippen LogP contribution in [0.4, 0.5) is 19.0 Å². The Hall–Kier alpha value is -2.65. The number of carbonyl (C=O) groups excluding carboxylic acids is 1. The SMILES string of the molecule is Cc1nc(N2CCC(NC(=O)[C@@H](C)n3cccn3)CC2)cc(C(F)(F)F)n1. The van der Waals surface area contributed by atoms with E-state index in [0.717, 1.165) is 6.07 Å². The molecule has 0 radical (unpaired) electrons. The molecule has 27 heavy (non-hydrogen) atoms.